The van der Waals surface area contributed by atoms with Crippen molar-refractivity contribution in [3.8, 4) is 0 Å². The van der Waals surface area contributed by atoms with Gasteiger partial charge in [-0.05, 0) is 72.8 Å². The summed E-state index contributed by atoms with van der Waals surface area (Å²) in [6, 6.07) is 67.5. The number of hydrogen-bond donors (Lipinski definition) is 0. The third kappa shape index (κ3) is 5.77. The van der Waals surface area contributed by atoms with Crippen LogP contribution in [0.3, 0.4) is 0 Å². The Bertz CT molecular complexity index is 1860. The average molecular weight is 613 g/mol. The van der Waals surface area contributed by atoms with Gasteiger partial charge in [-0.25, -0.2) is 0 Å². The minimum absolute atomic E-state index is 0.774. The van der Waals surface area contributed by atoms with E-state index in [-0.39, 0.29) is 0 Å². The molecule has 0 aliphatic rings. The lowest BCUT2D eigenvalue weighted by atomic mass is 10.2. The highest BCUT2D eigenvalue weighted by Gasteiger charge is 2.31. The normalized spacial score (nSPS) is 11.1. The highest BCUT2D eigenvalue weighted by molar-refractivity contribution is 7.85. The number of hydrogen-bond acceptors (Lipinski definition) is 3. The van der Waals surface area contributed by atoms with E-state index in [4.69, 9.17) is 0 Å². The molecule has 0 fully saturated rings. The molecule has 0 N–H and O–H groups in total. The molecule has 0 amide bonds. The summed E-state index contributed by atoms with van der Waals surface area (Å²) >= 11 is 0. The van der Waals surface area contributed by atoms with Crippen molar-refractivity contribution in [1.29, 1.82) is 0 Å². The van der Waals surface area contributed by atoms with Crippen molar-refractivity contribution >= 4 is 57.2 Å². The van der Waals surface area contributed by atoms with Crippen LogP contribution in [0.1, 0.15) is 0 Å². The molecule has 0 radical (unpaired) electrons. The van der Waals surface area contributed by atoms with Gasteiger partial charge in [0, 0.05) is 50.0 Å². The maximum atomic E-state index is 15.9. The lowest BCUT2D eigenvalue weighted by molar-refractivity contribution is 0.592. The molecule has 46 heavy (non-hydrogen) atoms. The van der Waals surface area contributed by atoms with Crippen LogP contribution < -0.4 is 25.7 Å². The Morgan fingerprint density at radius 2 is 0.543 bits per heavy atom. The summed E-state index contributed by atoms with van der Waals surface area (Å²) < 4.78 is 15.9. The molecule has 0 aliphatic carbocycles. The van der Waals surface area contributed by atoms with Gasteiger partial charge in [0.1, 0.15) is 0 Å². The van der Waals surface area contributed by atoms with E-state index in [1.54, 1.807) is 0 Å². The molecule has 0 heterocycles. The van der Waals surface area contributed by atoms with Crippen molar-refractivity contribution in [2.24, 2.45) is 0 Å². The minimum atomic E-state index is -3.33. The monoisotopic (exact) mass is 612 g/mol. The van der Waals surface area contributed by atoms with Gasteiger partial charge in [-0.15, -0.1) is 0 Å². The topological polar surface area (TPSA) is 23.6 Å². The maximum absolute atomic E-state index is 15.9. The molecular weight excluding hydrogens is 579 g/mol. The summed E-state index contributed by atoms with van der Waals surface area (Å²) in [6.45, 7) is 0. The Kier molecular flexibility index (Phi) is 8.32. The summed E-state index contributed by atoms with van der Waals surface area (Å²) in [7, 11) is -3.33. The molecule has 4 heteroatoms. The standard InChI is InChI=1S/C42H33N2OP/c45-46(40-28-14-5-15-29-40,41-30-16-26-38(32-41)43(34-18-6-1-7-19-34)35-20-8-2-9-21-35)42-31-17-27-39(33-42)44(36-22-10-3-11-23-36)37-24-12-4-13-25-37/h1-33H. The van der Waals surface area contributed by atoms with Gasteiger partial charge in [0.05, 0.1) is 0 Å². The molecular formula is C42H33N2OP. The quantitative estimate of drug-likeness (QED) is 0.152. The molecule has 0 saturated carbocycles. The molecule has 0 unspecified atom stereocenters. The fourth-order valence-corrected chi connectivity index (χ4v) is 8.65. The van der Waals surface area contributed by atoms with Gasteiger partial charge in [0.25, 0.3) is 0 Å². The molecule has 7 aromatic carbocycles. The third-order valence-corrected chi connectivity index (χ3v) is 11.1. The van der Waals surface area contributed by atoms with Gasteiger partial charge in [-0.2, -0.15) is 0 Å². The molecule has 0 saturated heterocycles. The highest BCUT2D eigenvalue weighted by atomic mass is 31.2. The predicted molar refractivity (Wildman–Crippen MR) is 195 cm³/mol. The predicted octanol–water partition coefficient (Wildman–Crippen LogP) is 10.3. The second kappa shape index (κ2) is 13.2. The van der Waals surface area contributed by atoms with Crippen LogP contribution in [-0.4, -0.2) is 0 Å². The first-order valence-electron chi connectivity index (χ1n) is 15.4. The first kappa shape index (κ1) is 29.1. The van der Waals surface area contributed by atoms with Crippen LogP contribution in [0.5, 0.6) is 0 Å². The fraction of sp³-hybridized carbons (Fsp3) is 0. The zero-order valence-electron chi connectivity index (χ0n) is 25.3. The number of nitrogens with zero attached hydrogens (tertiary/aromatic N) is 2. The highest BCUT2D eigenvalue weighted by Crippen LogP contribution is 2.45. The Morgan fingerprint density at radius 1 is 0.283 bits per heavy atom. The first-order chi connectivity index (χ1) is 22.7. The molecule has 0 aromatic heterocycles. The van der Waals surface area contributed by atoms with Crippen LogP contribution in [-0.2, 0) is 4.57 Å². The lowest BCUT2D eigenvalue weighted by Gasteiger charge is -2.28. The van der Waals surface area contributed by atoms with E-state index in [9.17, 15) is 0 Å². The zero-order valence-corrected chi connectivity index (χ0v) is 26.2. The van der Waals surface area contributed by atoms with Gasteiger partial charge in [0.2, 0.25) is 0 Å². The van der Waals surface area contributed by atoms with E-state index in [1.807, 2.05) is 127 Å². The summed E-state index contributed by atoms with van der Waals surface area (Å²) in [5.74, 6) is 0. The van der Waals surface area contributed by atoms with Crippen molar-refractivity contribution in [2.45, 2.75) is 0 Å². The van der Waals surface area contributed by atoms with E-state index >= 15 is 4.57 Å². The van der Waals surface area contributed by atoms with Crippen molar-refractivity contribution in [1.82, 2.24) is 0 Å². The second-order valence-electron chi connectivity index (χ2n) is 11.0. The summed E-state index contributed by atoms with van der Waals surface area (Å²) in [5, 5.41) is 2.34. The summed E-state index contributed by atoms with van der Waals surface area (Å²) in [4.78, 5) is 4.42. The Balaban J connectivity index is 1.41. The van der Waals surface area contributed by atoms with E-state index in [2.05, 4.69) is 82.6 Å². The van der Waals surface area contributed by atoms with Crippen LogP contribution >= 0.6 is 7.14 Å². The number of anilines is 6. The van der Waals surface area contributed by atoms with E-state index in [0.717, 1.165) is 50.0 Å². The lowest BCUT2D eigenvalue weighted by Crippen LogP contribution is -2.26. The average Bonchev–Trinajstić information content (AvgIpc) is 3.14. The van der Waals surface area contributed by atoms with Crippen molar-refractivity contribution in [2.75, 3.05) is 9.80 Å². The summed E-state index contributed by atoms with van der Waals surface area (Å²) in [5.41, 5.74) is 6.01. The smallest absolute Gasteiger partial charge is 0.171 e. The largest absolute Gasteiger partial charge is 0.310 e. The number of para-hydroxylation sites is 4. The molecule has 0 aliphatic heterocycles. The molecule has 7 aromatic rings. The van der Waals surface area contributed by atoms with Crippen molar-refractivity contribution in [3.05, 3.63) is 200 Å². The van der Waals surface area contributed by atoms with Gasteiger partial charge >= 0.3 is 0 Å². The van der Waals surface area contributed by atoms with E-state index in [1.165, 1.54) is 0 Å². The van der Waals surface area contributed by atoms with Gasteiger partial charge in [-0.1, -0.05) is 127 Å². The maximum Gasteiger partial charge on any atom is 0.171 e. The molecule has 7 rings (SSSR count). The van der Waals surface area contributed by atoms with E-state index < -0.39 is 7.14 Å². The third-order valence-electron chi connectivity index (χ3n) is 8.08. The minimum Gasteiger partial charge on any atom is -0.310 e. The van der Waals surface area contributed by atoms with Crippen molar-refractivity contribution < 1.29 is 4.57 Å². The van der Waals surface area contributed by atoms with Crippen LogP contribution in [0.15, 0.2) is 200 Å². The van der Waals surface area contributed by atoms with Crippen LogP contribution in [0, 0.1) is 0 Å². The van der Waals surface area contributed by atoms with Crippen LogP contribution in [0.25, 0.3) is 0 Å². The Morgan fingerprint density at radius 3 is 0.870 bits per heavy atom. The molecule has 0 bridgehead atoms. The second-order valence-corrected chi connectivity index (χ2v) is 13.8. The summed E-state index contributed by atoms with van der Waals surface area (Å²) in [6.07, 6.45) is 0. The Labute approximate surface area is 271 Å². The van der Waals surface area contributed by atoms with Crippen LogP contribution in [0.4, 0.5) is 34.1 Å². The molecule has 3 nitrogen and oxygen atoms in total. The fourth-order valence-electron chi connectivity index (χ4n) is 5.94. The zero-order chi connectivity index (χ0) is 31.2. The number of benzene rings is 7. The van der Waals surface area contributed by atoms with Gasteiger partial charge in [-0.3, -0.25) is 0 Å². The molecule has 0 spiro atoms. The van der Waals surface area contributed by atoms with Gasteiger partial charge in [0.15, 0.2) is 7.14 Å². The Hall–Kier alpha value is -5.63. The van der Waals surface area contributed by atoms with E-state index in [0.29, 0.717) is 0 Å². The SMILES string of the molecule is O=P(c1ccccc1)(c1cccc(N(c2ccccc2)c2ccccc2)c1)c1cccc(N(c2ccccc2)c2ccccc2)c1. The first-order valence-corrected chi connectivity index (χ1v) is 17.1. The molecule has 222 valence electrons. The van der Waals surface area contributed by atoms with Gasteiger partial charge < -0.3 is 14.4 Å². The number of rotatable bonds is 9. The molecule has 0 atom stereocenters. The van der Waals surface area contributed by atoms with Crippen LogP contribution in [0.2, 0.25) is 0 Å². The van der Waals surface area contributed by atoms with Crippen molar-refractivity contribution in [3.63, 3.8) is 0 Å².